The van der Waals surface area contributed by atoms with Gasteiger partial charge in [0.2, 0.25) is 0 Å². The van der Waals surface area contributed by atoms with E-state index in [2.05, 4.69) is 4.74 Å². The van der Waals surface area contributed by atoms with Gasteiger partial charge in [-0.15, -0.1) is 0 Å². The molecule has 0 spiro atoms. The third-order valence-electron chi connectivity index (χ3n) is 6.83. The average molecular weight is 559 g/mol. The number of benzene rings is 3. The van der Waals surface area contributed by atoms with Crippen molar-refractivity contribution in [2.24, 2.45) is 5.92 Å². The van der Waals surface area contributed by atoms with E-state index in [-0.39, 0.29) is 23.7 Å². The van der Waals surface area contributed by atoms with Gasteiger partial charge in [0, 0.05) is 5.56 Å². The zero-order valence-corrected chi connectivity index (χ0v) is 21.4. The van der Waals surface area contributed by atoms with Crippen LogP contribution in [0.3, 0.4) is 0 Å². The van der Waals surface area contributed by atoms with Crippen molar-refractivity contribution in [2.45, 2.75) is 64.4 Å². The Morgan fingerprint density at radius 3 is 1.82 bits per heavy atom. The number of alkyl halides is 3. The molecule has 4 rings (SSSR count). The highest BCUT2D eigenvalue weighted by Crippen LogP contribution is 2.39. The summed E-state index contributed by atoms with van der Waals surface area (Å²) in [7, 11) is 0. The molecular weight excluding hydrogens is 528 g/mol. The molecule has 39 heavy (non-hydrogen) atoms. The summed E-state index contributed by atoms with van der Waals surface area (Å²) >= 11 is 0. The Morgan fingerprint density at radius 2 is 1.33 bits per heavy atom. The van der Waals surface area contributed by atoms with Crippen molar-refractivity contribution in [3.05, 3.63) is 88.7 Å². The van der Waals surface area contributed by atoms with Crippen LogP contribution in [0.2, 0.25) is 0 Å². The van der Waals surface area contributed by atoms with Crippen LogP contribution in [0.4, 0.5) is 35.1 Å². The van der Waals surface area contributed by atoms with E-state index in [1.54, 1.807) is 0 Å². The lowest BCUT2D eigenvalue weighted by atomic mass is 9.77. The SMILES string of the molecule is CCCc1cc(F)c(C2CCC(CCF)CC2)c(F)c1.Fc1ccc(-c2cc(F)c(OC(F)F)c(F)c2)cc1. The van der Waals surface area contributed by atoms with Gasteiger partial charge in [-0.25, -0.2) is 22.0 Å². The first-order valence-corrected chi connectivity index (χ1v) is 12.9. The molecule has 0 unspecified atom stereocenters. The van der Waals surface area contributed by atoms with E-state index in [1.165, 1.54) is 24.3 Å². The second kappa shape index (κ2) is 14.3. The van der Waals surface area contributed by atoms with Crippen LogP contribution in [0.25, 0.3) is 11.1 Å². The molecule has 1 nitrogen and oxygen atoms in total. The molecule has 212 valence electrons. The zero-order valence-electron chi connectivity index (χ0n) is 21.4. The maximum Gasteiger partial charge on any atom is 0.387 e. The molecule has 3 aromatic carbocycles. The van der Waals surface area contributed by atoms with Crippen LogP contribution in [0.1, 0.15) is 62.5 Å². The average Bonchev–Trinajstić information content (AvgIpc) is 2.88. The van der Waals surface area contributed by atoms with Crippen LogP contribution < -0.4 is 4.74 Å². The molecule has 0 aliphatic heterocycles. The summed E-state index contributed by atoms with van der Waals surface area (Å²) in [5.41, 5.74) is 1.43. The molecule has 1 fully saturated rings. The van der Waals surface area contributed by atoms with Gasteiger partial charge in [-0.1, -0.05) is 25.5 Å². The first-order valence-electron chi connectivity index (χ1n) is 12.9. The van der Waals surface area contributed by atoms with Crippen LogP contribution in [0, 0.1) is 35.0 Å². The van der Waals surface area contributed by atoms with Crippen LogP contribution in [0.5, 0.6) is 5.75 Å². The Labute approximate surface area is 222 Å². The molecule has 9 heteroatoms. The van der Waals surface area contributed by atoms with Gasteiger partial charge in [0.25, 0.3) is 0 Å². The molecule has 0 heterocycles. The van der Waals surface area contributed by atoms with Gasteiger partial charge in [0.1, 0.15) is 17.5 Å². The minimum Gasteiger partial charge on any atom is -0.429 e. The van der Waals surface area contributed by atoms with Crippen molar-refractivity contribution in [1.82, 2.24) is 0 Å². The van der Waals surface area contributed by atoms with Gasteiger partial charge >= 0.3 is 6.61 Å². The van der Waals surface area contributed by atoms with Crippen molar-refractivity contribution < 1.29 is 39.9 Å². The Kier molecular flexibility index (Phi) is 11.2. The number of aryl methyl sites for hydroxylation is 1. The summed E-state index contributed by atoms with van der Waals surface area (Å²) in [5, 5.41) is 0. The molecule has 1 aliphatic carbocycles. The van der Waals surface area contributed by atoms with E-state index >= 15 is 0 Å². The van der Waals surface area contributed by atoms with Gasteiger partial charge in [-0.2, -0.15) is 8.78 Å². The van der Waals surface area contributed by atoms with Gasteiger partial charge in [0.05, 0.1) is 6.67 Å². The van der Waals surface area contributed by atoms with Gasteiger partial charge in [0.15, 0.2) is 17.4 Å². The van der Waals surface area contributed by atoms with Crippen molar-refractivity contribution in [3.8, 4) is 16.9 Å². The smallest absolute Gasteiger partial charge is 0.387 e. The highest BCUT2D eigenvalue weighted by molar-refractivity contribution is 5.64. The Balaban J connectivity index is 0.000000216. The molecule has 0 saturated heterocycles. The minimum atomic E-state index is -3.32. The standard InChI is InChI=1S/C17H23F3.C13H7F5O/c1-2-3-13-10-15(19)17(16(20)11-13)14-6-4-12(5-7-14)8-9-18;14-9-3-1-7(2-4-9)8-5-10(15)12(11(16)6-8)19-13(17)18/h10-12,14H,2-9H2,1H3;1-6,13H. The molecule has 0 bridgehead atoms. The van der Waals surface area contributed by atoms with Gasteiger partial charge in [-0.3, -0.25) is 4.39 Å². The van der Waals surface area contributed by atoms with Crippen molar-refractivity contribution >= 4 is 0 Å². The molecule has 0 N–H and O–H groups in total. The third kappa shape index (κ3) is 8.44. The summed E-state index contributed by atoms with van der Waals surface area (Å²) in [4.78, 5) is 0. The van der Waals surface area contributed by atoms with Gasteiger partial charge in [-0.05, 0) is 103 Å². The van der Waals surface area contributed by atoms with E-state index in [1.807, 2.05) is 6.92 Å². The summed E-state index contributed by atoms with van der Waals surface area (Å²) < 4.78 is 108. The maximum absolute atomic E-state index is 14.2. The zero-order chi connectivity index (χ0) is 28.5. The maximum atomic E-state index is 14.2. The van der Waals surface area contributed by atoms with E-state index in [4.69, 9.17) is 0 Å². The highest BCUT2D eigenvalue weighted by Gasteiger charge is 2.27. The minimum absolute atomic E-state index is 0.0402. The van der Waals surface area contributed by atoms with E-state index < -0.39 is 41.4 Å². The third-order valence-corrected chi connectivity index (χ3v) is 6.83. The number of rotatable bonds is 8. The molecule has 0 atom stereocenters. The molecule has 0 amide bonds. The predicted molar refractivity (Wildman–Crippen MR) is 134 cm³/mol. The Hall–Kier alpha value is -3.10. The van der Waals surface area contributed by atoms with Crippen LogP contribution in [0.15, 0.2) is 48.5 Å². The van der Waals surface area contributed by atoms with Crippen molar-refractivity contribution in [1.29, 1.82) is 0 Å². The number of hydrogen-bond acceptors (Lipinski definition) is 1. The van der Waals surface area contributed by atoms with Crippen LogP contribution in [-0.2, 0) is 6.42 Å². The summed E-state index contributed by atoms with van der Waals surface area (Å²) in [6, 6.07) is 9.52. The number of ether oxygens (including phenoxy) is 1. The normalized spacial score (nSPS) is 17.1. The molecule has 1 saturated carbocycles. The lowest BCUT2D eigenvalue weighted by Crippen LogP contribution is -2.16. The highest BCUT2D eigenvalue weighted by atomic mass is 19.3. The summed E-state index contributed by atoms with van der Waals surface area (Å²) in [6.45, 7) is -1.61. The lowest BCUT2D eigenvalue weighted by molar-refractivity contribution is -0.0546. The lowest BCUT2D eigenvalue weighted by Gasteiger charge is -2.28. The molecule has 0 radical (unpaired) electrons. The first kappa shape index (κ1) is 30.4. The van der Waals surface area contributed by atoms with E-state index in [0.29, 0.717) is 24.3 Å². The Bertz CT molecular complexity index is 1160. The van der Waals surface area contributed by atoms with Crippen LogP contribution in [-0.4, -0.2) is 13.3 Å². The largest absolute Gasteiger partial charge is 0.429 e. The Morgan fingerprint density at radius 1 is 0.769 bits per heavy atom. The van der Waals surface area contributed by atoms with Crippen LogP contribution >= 0.6 is 0 Å². The molecule has 3 aromatic rings. The monoisotopic (exact) mass is 558 g/mol. The number of hydrogen-bond donors (Lipinski definition) is 0. The first-order chi connectivity index (χ1) is 18.6. The fraction of sp³-hybridized carbons (Fsp3) is 0.400. The summed E-state index contributed by atoms with van der Waals surface area (Å²) in [5.74, 6) is -4.59. The van der Waals surface area contributed by atoms with E-state index in [9.17, 15) is 35.1 Å². The molecule has 1 aliphatic rings. The quantitative estimate of drug-likeness (QED) is 0.250. The molecule has 0 aromatic heterocycles. The van der Waals surface area contributed by atoms with E-state index in [0.717, 1.165) is 61.9 Å². The fourth-order valence-electron chi connectivity index (χ4n) is 4.92. The summed E-state index contributed by atoms with van der Waals surface area (Å²) in [6.07, 6.45) is 5.47. The second-order valence-electron chi connectivity index (χ2n) is 9.57. The van der Waals surface area contributed by atoms with Gasteiger partial charge < -0.3 is 4.74 Å². The molecular formula is C30H30F8O. The van der Waals surface area contributed by atoms with Crippen molar-refractivity contribution in [3.63, 3.8) is 0 Å². The topological polar surface area (TPSA) is 9.23 Å². The fourth-order valence-corrected chi connectivity index (χ4v) is 4.92. The number of halogens is 8. The second-order valence-corrected chi connectivity index (χ2v) is 9.57. The predicted octanol–water partition coefficient (Wildman–Crippen LogP) is 9.92. The van der Waals surface area contributed by atoms with Crippen molar-refractivity contribution in [2.75, 3.05) is 6.67 Å².